The Balaban J connectivity index is 1.53. The molecule has 1 fully saturated rings. The van der Waals surface area contributed by atoms with E-state index in [1.54, 1.807) is 0 Å². The van der Waals surface area contributed by atoms with E-state index in [-0.39, 0.29) is 6.42 Å². The summed E-state index contributed by atoms with van der Waals surface area (Å²) in [4.78, 5) is 22.0. The molecule has 0 amide bonds. The standard InChI is InChI=1S/C26H38O4/c1-22(19-25(2)21-26(3,30-29-25)20-24(27)28)15-11-8-6-4-5-7-9-12-16-23-17-13-10-14-18-23/h4-5,10,12-14,16-18,22H,6-9,11,15,19-21H2,1-3H3,(H,27,28)/b5-4+,16-12-/t22?,25-,26+/m1/s1. The molecule has 30 heavy (non-hydrogen) atoms. The van der Waals surface area contributed by atoms with E-state index in [2.05, 4.69) is 55.5 Å². The second-order valence-electron chi connectivity index (χ2n) is 9.27. The van der Waals surface area contributed by atoms with Gasteiger partial charge in [0.15, 0.2) is 0 Å². The van der Waals surface area contributed by atoms with Gasteiger partial charge < -0.3 is 5.11 Å². The van der Waals surface area contributed by atoms with Gasteiger partial charge >= 0.3 is 5.97 Å². The van der Waals surface area contributed by atoms with Gasteiger partial charge in [-0.2, -0.15) is 0 Å². The van der Waals surface area contributed by atoms with Gasteiger partial charge in [-0.1, -0.05) is 74.4 Å². The maximum Gasteiger partial charge on any atom is 0.306 e. The molecule has 1 saturated heterocycles. The molecule has 1 aromatic rings. The van der Waals surface area contributed by atoms with Crippen molar-refractivity contribution in [3.05, 3.63) is 54.1 Å². The Hall–Kier alpha value is -1.91. The van der Waals surface area contributed by atoms with Crippen molar-refractivity contribution >= 4 is 12.0 Å². The van der Waals surface area contributed by atoms with Gasteiger partial charge in [-0.25, -0.2) is 9.78 Å². The highest BCUT2D eigenvalue weighted by molar-refractivity contribution is 5.68. The molecular formula is C26H38O4. The summed E-state index contributed by atoms with van der Waals surface area (Å²) in [6.45, 7) is 6.10. The van der Waals surface area contributed by atoms with Gasteiger partial charge in [-0.05, 0) is 57.4 Å². The Morgan fingerprint density at radius 1 is 1.03 bits per heavy atom. The average molecular weight is 415 g/mol. The number of unbranched alkanes of at least 4 members (excludes halogenated alkanes) is 3. The Bertz CT molecular complexity index is 696. The van der Waals surface area contributed by atoms with Crippen molar-refractivity contribution in [1.82, 2.24) is 0 Å². The SMILES string of the molecule is CC(CCCC/C=C/CC/C=C\c1ccccc1)C[C@]1(C)C[C@](C)(CC(=O)O)OO1. The van der Waals surface area contributed by atoms with Gasteiger partial charge in [0.25, 0.3) is 0 Å². The zero-order valence-corrected chi connectivity index (χ0v) is 18.8. The first-order valence-corrected chi connectivity index (χ1v) is 11.3. The topological polar surface area (TPSA) is 55.8 Å². The number of hydrogen-bond acceptors (Lipinski definition) is 3. The predicted molar refractivity (Wildman–Crippen MR) is 122 cm³/mol. The third-order valence-corrected chi connectivity index (χ3v) is 5.59. The molecule has 0 aromatic heterocycles. The molecule has 1 N–H and O–H groups in total. The van der Waals surface area contributed by atoms with Crippen molar-refractivity contribution in [2.75, 3.05) is 0 Å². The summed E-state index contributed by atoms with van der Waals surface area (Å²) in [6, 6.07) is 10.4. The lowest BCUT2D eigenvalue weighted by molar-refractivity contribution is -0.346. The van der Waals surface area contributed by atoms with Crippen LogP contribution in [0.25, 0.3) is 6.08 Å². The first kappa shape index (κ1) is 24.4. The molecule has 3 atom stereocenters. The summed E-state index contributed by atoms with van der Waals surface area (Å²) >= 11 is 0. The van der Waals surface area contributed by atoms with Crippen LogP contribution >= 0.6 is 0 Å². The predicted octanol–water partition coefficient (Wildman–Crippen LogP) is 6.97. The summed E-state index contributed by atoms with van der Waals surface area (Å²) in [5, 5.41) is 9.04. The van der Waals surface area contributed by atoms with Crippen LogP contribution < -0.4 is 0 Å². The van der Waals surface area contributed by atoms with Crippen LogP contribution in [0.1, 0.15) is 84.1 Å². The molecule has 1 aliphatic rings. The van der Waals surface area contributed by atoms with Gasteiger partial charge in [0, 0.05) is 6.42 Å². The molecule has 1 heterocycles. The number of carboxylic acid groups (broad SMARTS) is 1. The second-order valence-corrected chi connectivity index (χ2v) is 9.27. The van der Waals surface area contributed by atoms with Crippen molar-refractivity contribution in [1.29, 1.82) is 0 Å². The summed E-state index contributed by atoms with van der Waals surface area (Å²) in [5.74, 6) is -0.323. The minimum absolute atomic E-state index is 0.0225. The number of carbonyl (C=O) groups is 1. The summed E-state index contributed by atoms with van der Waals surface area (Å²) in [5.41, 5.74) is 0.142. The zero-order valence-electron chi connectivity index (χ0n) is 18.8. The number of allylic oxidation sites excluding steroid dienone is 3. The summed E-state index contributed by atoms with van der Waals surface area (Å²) < 4.78 is 0. The third-order valence-electron chi connectivity index (χ3n) is 5.59. The van der Waals surface area contributed by atoms with E-state index in [1.165, 1.54) is 18.4 Å². The van der Waals surface area contributed by atoms with Gasteiger partial charge in [0.1, 0.15) is 11.2 Å². The minimum atomic E-state index is -0.848. The molecule has 2 rings (SSSR count). The van der Waals surface area contributed by atoms with Crippen LogP contribution in [0.4, 0.5) is 0 Å². The maximum atomic E-state index is 11.0. The van der Waals surface area contributed by atoms with Gasteiger partial charge in [-0.3, -0.25) is 4.79 Å². The van der Waals surface area contributed by atoms with Crippen LogP contribution in [0.5, 0.6) is 0 Å². The minimum Gasteiger partial charge on any atom is -0.481 e. The smallest absolute Gasteiger partial charge is 0.306 e. The van der Waals surface area contributed by atoms with E-state index in [9.17, 15) is 4.79 Å². The number of hydrogen-bond donors (Lipinski definition) is 1. The second kappa shape index (κ2) is 12.1. The molecule has 0 saturated carbocycles. The molecule has 0 bridgehead atoms. The van der Waals surface area contributed by atoms with Gasteiger partial charge in [0.2, 0.25) is 0 Å². The molecule has 0 aliphatic carbocycles. The Kier molecular flexibility index (Phi) is 9.80. The van der Waals surface area contributed by atoms with Crippen LogP contribution in [-0.2, 0) is 14.6 Å². The first-order valence-electron chi connectivity index (χ1n) is 11.3. The summed E-state index contributed by atoms with van der Waals surface area (Å²) in [6.07, 6.45) is 17.3. The summed E-state index contributed by atoms with van der Waals surface area (Å²) in [7, 11) is 0. The molecule has 1 aliphatic heterocycles. The Morgan fingerprint density at radius 2 is 1.70 bits per heavy atom. The van der Waals surface area contributed by atoms with Gasteiger partial charge in [-0.15, -0.1) is 0 Å². The lowest BCUT2D eigenvalue weighted by Crippen LogP contribution is -2.31. The fourth-order valence-corrected chi connectivity index (χ4v) is 4.38. The first-order chi connectivity index (χ1) is 14.3. The van der Waals surface area contributed by atoms with Crippen molar-refractivity contribution in [2.45, 2.75) is 89.8 Å². The monoisotopic (exact) mass is 414 g/mol. The molecule has 0 radical (unpaired) electrons. The number of rotatable bonds is 13. The molecular weight excluding hydrogens is 376 g/mol. The number of carboxylic acids is 1. The van der Waals surface area contributed by atoms with E-state index < -0.39 is 17.2 Å². The van der Waals surface area contributed by atoms with E-state index in [1.807, 2.05) is 19.9 Å². The highest BCUT2D eigenvalue weighted by Gasteiger charge is 2.47. The zero-order chi connectivity index (χ0) is 21.9. The van der Waals surface area contributed by atoms with Crippen LogP contribution in [0.2, 0.25) is 0 Å². The molecule has 4 heteroatoms. The highest BCUT2D eigenvalue weighted by Crippen LogP contribution is 2.42. The molecule has 166 valence electrons. The lowest BCUT2D eigenvalue weighted by Gasteiger charge is -2.25. The molecule has 1 unspecified atom stereocenters. The van der Waals surface area contributed by atoms with Crippen molar-refractivity contribution in [3.63, 3.8) is 0 Å². The van der Waals surface area contributed by atoms with E-state index >= 15 is 0 Å². The largest absolute Gasteiger partial charge is 0.481 e. The van der Waals surface area contributed by atoms with Crippen molar-refractivity contribution in [3.8, 4) is 0 Å². The van der Waals surface area contributed by atoms with E-state index in [0.29, 0.717) is 12.3 Å². The fourth-order valence-electron chi connectivity index (χ4n) is 4.38. The van der Waals surface area contributed by atoms with Crippen molar-refractivity contribution in [2.24, 2.45) is 5.92 Å². The van der Waals surface area contributed by atoms with Crippen LogP contribution in [0.15, 0.2) is 48.6 Å². The normalized spacial score (nSPS) is 25.3. The lowest BCUT2D eigenvalue weighted by atomic mass is 9.81. The van der Waals surface area contributed by atoms with Crippen LogP contribution in [-0.4, -0.2) is 22.3 Å². The fraction of sp³-hybridized carbons (Fsp3) is 0.577. The maximum absolute atomic E-state index is 11.0. The molecule has 0 spiro atoms. The highest BCUT2D eigenvalue weighted by atomic mass is 17.2. The van der Waals surface area contributed by atoms with Crippen molar-refractivity contribution < 1.29 is 19.7 Å². The van der Waals surface area contributed by atoms with E-state index in [0.717, 1.165) is 32.1 Å². The number of benzene rings is 1. The molecule has 4 nitrogen and oxygen atoms in total. The van der Waals surface area contributed by atoms with E-state index in [4.69, 9.17) is 14.9 Å². The third kappa shape index (κ3) is 9.27. The average Bonchev–Trinajstić information content (AvgIpc) is 2.97. The Labute approximate surface area is 181 Å². The Morgan fingerprint density at radius 3 is 2.43 bits per heavy atom. The number of aliphatic carboxylic acids is 1. The van der Waals surface area contributed by atoms with Gasteiger partial charge in [0.05, 0.1) is 6.42 Å². The van der Waals surface area contributed by atoms with Crippen LogP contribution in [0.3, 0.4) is 0 Å². The van der Waals surface area contributed by atoms with Crippen LogP contribution in [0, 0.1) is 5.92 Å². The quantitative estimate of drug-likeness (QED) is 0.215. The molecule has 1 aromatic carbocycles.